The van der Waals surface area contributed by atoms with E-state index in [0.29, 0.717) is 17.0 Å². The predicted octanol–water partition coefficient (Wildman–Crippen LogP) is 4.40. The van der Waals surface area contributed by atoms with Crippen molar-refractivity contribution >= 4 is 29.3 Å². The van der Waals surface area contributed by atoms with Crippen LogP contribution in [0.1, 0.15) is 42.2 Å². The van der Waals surface area contributed by atoms with Crippen LogP contribution in [0.2, 0.25) is 0 Å². The summed E-state index contributed by atoms with van der Waals surface area (Å²) in [5.41, 5.74) is 1.99. The molecule has 0 aromatic heterocycles. The second-order valence-electron chi connectivity index (χ2n) is 5.92. The number of benzene rings is 2. The first-order chi connectivity index (χ1) is 12.5. The zero-order valence-corrected chi connectivity index (χ0v) is 15.7. The fourth-order valence-electron chi connectivity index (χ4n) is 2.34. The van der Waals surface area contributed by atoms with Gasteiger partial charge in [-0.3, -0.25) is 9.59 Å². The highest BCUT2D eigenvalue weighted by Gasteiger charge is 2.10. The molecule has 0 saturated heterocycles. The molecule has 0 aliphatic carbocycles. The molecule has 1 atom stereocenters. The Morgan fingerprint density at radius 3 is 2.35 bits per heavy atom. The van der Waals surface area contributed by atoms with Crippen molar-refractivity contribution in [2.45, 2.75) is 26.3 Å². The van der Waals surface area contributed by atoms with Gasteiger partial charge in [-0.1, -0.05) is 19.1 Å². The van der Waals surface area contributed by atoms with E-state index in [2.05, 4.69) is 17.6 Å². The van der Waals surface area contributed by atoms with Gasteiger partial charge in [0.2, 0.25) is 5.91 Å². The van der Waals surface area contributed by atoms with Crippen LogP contribution in [0.15, 0.2) is 48.5 Å². The van der Waals surface area contributed by atoms with Gasteiger partial charge < -0.3 is 10.6 Å². The molecule has 2 amide bonds. The average molecular weight is 374 g/mol. The van der Waals surface area contributed by atoms with E-state index in [1.54, 1.807) is 23.9 Å². The molecule has 1 unspecified atom stereocenters. The highest BCUT2D eigenvalue weighted by molar-refractivity contribution is 7.99. The Morgan fingerprint density at radius 2 is 1.73 bits per heavy atom. The van der Waals surface area contributed by atoms with Crippen molar-refractivity contribution in [1.82, 2.24) is 5.32 Å². The summed E-state index contributed by atoms with van der Waals surface area (Å²) in [5, 5.41) is 5.73. The number of anilines is 1. The average Bonchev–Trinajstić information content (AvgIpc) is 2.63. The van der Waals surface area contributed by atoms with Gasteiger partial charge in [0.15, 0.2) is 0 Å². The summed E-state index contributed by atoms with van der Waals surface area (Å²) in [6.07, 6.45) is 1.05. The van der Waals surface area contributed by atoms with Crippen molar-refractivity contribution in [3.05, 3.63) is 65.5 Å². The molecule has 26 heavy (non-hydrogen) atoms. The molecule has 138 valence electrons. The van der Waals surface area contributed by atoms with Crippen molar-refractivity contribution in [3.8, 4) is 0 Å². The molecule has 2 N–H and O–H groups in total. The minimum absolute atomic E-state index is 0.0182. The smallest absolute Gasteiger partial charge is 0.255 e. The SMILES string of the molecule is CCCSCC(=O)NC(C)c1ccc(NC(=O)c2ccc(F)cc2)cc1. The van der Waals surface area contributed by atoms with Crippen molar-refractivity contribution in [2.75, 3.05) is 16.8 Å². The largest absolute Gasteiger partial charge is 0.349 e. The van der Waals surface area contributed by atoms with Crippen molar-refractivity contribution in [3.63, 3.8) is 0 Å². The van der Waals surface area contributed by atoms with Crippen molar-refractivity contribution in [1.29, 1.82) is 0 Å². The monoisotopic (exact) mass is 374 g/mol. The summed E-state index contributed by atoms with van der Waals surface area (Å²) in [6.45, 7) is 4.01. The van der Waals surface area contributed by atoms with Gasteiger partial charge in [0.05, 0.1) is 11.8 Å². The normalized spacial score (nSPS) is 11.7. The zero-order valence-electron chi connectivity index (χ0n) is 14.9. The lowest BCUT2D eigenvalue weighted by Crippen LogP contribution is -2.28. The maximum Gasteiger partial charge on any atom is 0.255 e. The van der Waals surface area contributed by atoms with Gasteiger partial charge in [0, 0.05) is 11.3 Å². The van der Waals surface area contributed by atoms with Gasteiger partial charge in [-0.15, -0.1) is 0 Å². The number of carbonyl (C=O) groups excluding carboxylic acids is 2. The molecule has 0 bridgehead atoms. The first-order valence-electron chi connectivity index (χ1n) is 8.53. The minimum Gasteiger partial charge on any atom is -0.349 e. The van der Waals surface area contributed by atoms with Gasteiger partial charge >= 0.3 is 0 Å². The van der Waals surface area contributed by atoms with Crippen LogP contribution in [-0.2, 0) is 4.79 Å². The van der Waals surface area contributed by atoms with E-state index in [9.17, 15) is 14.0 Å². The molecular weight excluding hydrogens is 351 g/mol. The van der Waals surface area contributed by atoms with E-state index in [1.165, 1.54) is 24.3 Å². The van der Waals surface area contributed by atoms with Crippen LogP contribution in [0.5, 0.6) is 0 Å². The molecule has 4 nitrogen and oxygen atoms in total. The number of thioether (sulfide) groups is 1. The van der Waals surface area contributed by atoms with E-state index < -0.39 is 0 Å². The Balaban J connectivity index is 1.89. The number of amides is 2. The van der Waals surface area contributed by atoms with Gasteiger partial charge in [-0.05, 0) is 61.1 Å². The van der Waals surface area contributed by atoms with Crippen molar-refractivity contribution < 1.29 is 14.0 Å². The molecule has 0 saturated carbocycles. The Kier molecular flexibility index (Phi) is 7.66. The summed E-state index contributed by atoms with van der Waals surface area (Å²) in [7, 11) is 0. The second-order valence-corrected chi connectivity index (χ2v) is 7.03. The molecule has 0 heterocycles. The lowest BCUT2D eigenvalue weighted by atomic mass is 10.1. The second kappa shape index (κ2) is 9.97. The summed E-state index contributed by atoms with van der Waals surface area (Å²) < 4.78 is 12.9. The minimum atomic E-state index is -0.380. The third-order valence-corrected chi connectivity index (χ3v) is 4.90. The Hall–Kier alpha value is -2.34. The van der Waals surface area contributed by atoms with Crippen LogP contribution < -0.4 is 10.6 Å². The van der Waals surface area contributed by atoms with E-state index >= 15 is 0 Å². The number of halogens is 1. The van der Waals surface area contributed by atoms with Gasteiger partial charge in [0.1, 0.15) is 5.82 Å². The molecular formula is C20H23FN2O2S. The topological polar surface area (TPSA) is 58.2 Å². The lowest BCUT2D eigenvalue weighted by molar-refractivity contribution is -0.119. The molecule has 2 aromatic rings. The van der Waals surface area contributed by atoms with E-state index in [0.717, 1.165) is 17.7 Å². The van der Waals surface area contributed by atoms with Gasteiger partial charge in [-0.25, -0.2) is 4.39 Å². The fraction of sp³-hybridized carbons (Fsp3) is 0.300. The first kappa shape index (κ1) is 20.0. The van der Waals surface area contributed by atoms with Crippen LogP contribution in [0, 0.1) is 5.82 Å². The number of rotatable bonds is 8. The number of hydrogen-bond acceptors (Lipinski definition) is 3. The van der Waals surface area contributed by atoms with Crippen LogP contribution in [-0.4, -0.2) is 23.3 Å². The molecule has 2 rings (SSSR count). The summed E-state index contributed by atoms with van der Waals surface area (Å²) in [6, 6.07) is 12.6. The van der Waals surface area contributed by atoms with Gasteiger partial charge in [0.25, 0.3) is 5.91 Å². The Labute approximate surface area is 157 Å². The molecule has 0 fully saturated rings. The predicted molar refractivity (Wildman–Crippen MR) is 105 cm³/mol. The van der Waals surface area contributed by atoms with Crippen LogP contribution in [0.3, 0.4) is 0 Å². The number of hydrogen-bond donors (Lipinski definition) is 2. The fourth-order valence-corrected chi connectivity index (χ4v) is 3.04. The molecule has 0 aliphatic heterocycles. The molecule has 0 radical (unpaired) electrons. The number of carbonyl (C=O) groups is 2. The lowest BCUT2D eigenvalue weighted by Gasteiger charge is -2.15. The maximum absolute atomic E-state index is 12.9. The highest BCUT2D eigenvalue weighted by atomic mass is 32.2. The first-order valence-corrected chi connectivity index (χ1v) is 9.69. The molecule has 0 aliphatic rings. The Morgan fingerprint density at radius 1 is 1.08 bits per heavy atom. The summed E-state index contributed by atoms with van der Waals surface area (Å²) >= 11 is 1.62. The number of nitrogens with one attached hydrogen (secondary N) is 2. The van der Waals surface area contributed by atoms with Gasteiger partial charge in [-0.2, -0.15) is 11.8 Å². The molecule has 0 spiro atoms. The van der Waals surface area contributed by atoms with Crippen LogP contribution >= 0.6 is 11.8 Å². The van der Waals surface area contributed by atoms with E-state index in [4.69, 9.17) is 0 Å². The summed E-state index contributed by atoms with van der Waals surface area (Å²) in [5.74, 6) is 0.778. The van der Waals surface area contributed by atoms with Crippen molar-refractivity contribution in [2.24, 2.45) is 0 Å². The highest BCUT2D eigenvalue weighted by Crippen LogP contribution is 2.17. The van der Waals surface area contributed by atoms with E-state index in [-0.39, 0.29) is 23.7 Å². The molecule has 2 aromatic carbocycles. The Bertz CT molecular complexity index is 732. The van der Waals surface area contributed by atoms with Crippen LogP contribution in [0.25, 0.3) is 0 Å². The maximum atomic E-state index is 12.9. The van der Waals surface area contributed by atoms with E-state index in [1.807, 2.05) is 19.1 Å². The molecule has 6 heteroatoms. The standard InChI is InChI=1S/C20H23FN2O2S/c1-3-12-26-13-19(24)22-14(2)15-6-10-18(11-7-15)23-20(25)16-4-8-17(21)9-5-16/h4-11,14H,3,12-13H2,1-2H3,(H,22,24)(H,23,25). The third-order valence-electron chi connectivity index (χ3n) is 3.73. The zero-order chi connectivity index (χ0) is 18.9. The summed E-state index contributed by atoms with van der Waals surface area (Å²) in [4.78, 5) is 24.0. The van der Waals surface area contributed by atoms with Crippen LogP contribution in [0.4, 0.5) is 10.1 Å². The quantitative estimate of drug-likeness (QED) is 0.674. The third kappa shape index (κ3) is 6.19.